The number of rotatable bonds is 6. The number of anilines is 1. The molecule has 0 radical (unpaired) electrons. The molecule has 48 heavy (non-hydrogen) atoms. The largest absolute Gasteiger partial charge is 0.478 e. The van der Waals surface area contributed by atoms with Crippen LogP contribution in [0.3, 0.4) is 0 Å². The van der Waals surface area contributed by atoms with Crippen LogP contribution >= 0.6 is 0 Å². The lowest BCUT2D eigenvalue weighted by Gasteiger charge is -2.09. The van der Waals surface area contributed by atoms with Crippen LogP contribution < -0.4 is 11.4 Å². The van der Waals surface area contributed by atoms with Gasteiger partial charge in [-0.1, -0.05) is 32.0 Å². The average Bonchev–Trinajstić information content (AvgIpc) is 3.08. The second kappa shape index (κ2) is 21.1. The monoisotopic (exact) mass is 671 g/mol. The van der Waals surface area contributed by atoms with Gasteiger partial charge >= 0.3 is 17.7 Å². The Kier molecular flexibility index (Phi) is 16.9. The number of aromatic carboxylic acids is 1. The van der Waals surface area contributed by atoms with E-state index >= 15 is 0 Å². The number of alkyl halides is 1. The number of nitrogens with zero attached hydrogens (tertiary/aromatic N) is 3. The van der Waals surface area contributed by atoms with Gasteiger partial charge in [0.2, 0.25) is 17.8 Å². The summed E-state index contributed by atoms with van der Waals surface area (Å²) in [6, 6.07) is 14.0. The number of hydrogen-bond acceptors (Lipinski definition) is 11. The number of carboxylic acids is 1. The zero-order valence-corrected chi connectivity index (χ0v) is 25.8. The van der Waals surface area contributed by atoms with Gasteiger partial charge in [0.1, 0.15) is 0 Å². The number of carbonyl (C=O) groups is 1. The molecule has 3 heterocycles. The van der Waals surface area contributed by atoms with Gasteiger partial charge in [0.15, 0.2) is 0 Å². The maximum Gasteiger partial charge on any atom is 0.373 e. The number of nitrogen functional groups attached to an aromatic ring is 1. The highest BCUT2D eigenvalue weighted by molar-refractivity contribution is 5.95. The van der Waals surface area contributed by atoms with E-state index in [1.54, 1.807) is 30.3 Å². The molecule has 0 spiro atoms. The van der Waals surface area contributed by atoms with Crippen LogP contribution in [0.2, 0.25) is 0 Å². The smallest absolute Gasteiger partial charge is 0.373 e. The first-order valence-electron chi connectivity index (χ1n) is 14.5. The second-order valence-corrected chi connectivity index (χ2v) is 9.08. The molecule has 0 fully saturated rings. The molecule has 5 rings (SSSR count). The second-order valence-electron chi connectivity index (χ2n) is 9.08. The predicted octanol–water partition coefficient (Wildman–Crippen LogP) is 4.69. The van der Waals surface area contributed by atoms with Gasteiger partial charge in [-0.25, -0.2) is 24.5 Å². The number of halogens is 3. The summed E-state index contributed by atoms with van der Waals surface area (Å²) in [5.74, 6) is -2.34. The molecule has 5 N–H and O–H groups in total. The van der Waals surface area contributed by atoms with E-state index in [9.17, 15) is 27.9 Å². The van der Waals surface area contributed by atoms with Crippen molar-refractivity contribution in [2.45, 2.75) is 39.9 Å². The molecule has 0 bridgehead atoms. The van der Waals surface area contributed by atoms with Crippen LogP contribution in [0, 0.1) is 11.9 Å². The van der Waals surface area contributed by atoms with Crippen molar-refractivity contribution in [3.63, 3.8) is 0 Å². The third-order valence-electron chi connectivity index (χ3n) is 6.14. The molecule has 0 saturated heterocycles. The fourth-order valence-electron chi connectivity index (χ4n) is 4.14. The molecule has 15 heteroatoms. The predicted molar refractivity (Wildman–Crippen MR) is 168 cm³/mol. The summed E-state index contributed by atoms with van der Waals surface area (Å²) in [4.78, 5) is 50.4. The third kappa shape index (κ3) is 11.6. The highest BCUT2D eigenvalue weighted by atomic mass is 19.1. The number of aromatic nitrogens is 3. The molecule has 0 saturated carbocycles. The first-order valence-corrected chi connectivity index (χ1v) is 13.8. The number of benzene rings is 2. The minimum atomic E-state index is -1.02. The van der Waals surface area contributed by atoms with Crippen LogP contribution in [0.4, 0.5) is 18.9 Å². The van der Waals surface area contributed by atoms with Gasteiger partial charge in [-0.2, -0.15) is 18.4 Å². The first-order chi connectivity index (χ1) is 23.5. The van der Waals surface area contributed by atoms with E-state index in [4.69, 9.17) is 31.3 Å². The lowest BCUT2D eigenvalue weighted by molar-refractivity contribution is -0.191. The minimum absolute atomic E-state index is 0.0222. The highest BCUT2D eigenvalue weighted by Gasteiger charge is 2.16. The number of aliphatic hydroxyl groups excluding tert-OH is 2. The van der Waals surface area contributed by atoms with Crippen LogP contribution in [-0.2, 0) is 35.6 Å². The molecule has 5 aromatic rings. The van der Waals surface area contributed by atoms with Crippen LogP contribution in [0.1, 0.15) is 47.8 Å². The van der Waals surface area contributed by atoms with Crippen molar-refractivity contribution in [2.75, 3.05) is 12.9 Å². The van der Waals surface area contributed by atoms with Gasteiger partial charge in [-0.05, 0) is 71.5 Å². The number of nitrogens with two attached hydrogens (primary N) is 1. The molecule has 254 valence electrons. The van der Waals surface area contributed by atoms with Crippen molar-refractivity contribution in [1.82, 2.24) is 15.0 Å². The van der Waals surface area contributed by atoms with E-state index in [1.807, 2.05) is 13.8 Å². The summed E-state index contributed by atoms with van der Waals surface area (Å²) < 4.78 is 46.2. The molecule has 2 aromatic carbocycles. The number of hydrogen-bond donors (Lipinski definition) is 4. The maximum atomic E-state index is 13.7. The highest BCUT2D eigenvalue weighted by Crippen LogP contribution is 2.24. The van der Waals surface area contributed by atoms with Gasteiger partial charge in [0, 0.05) is 18.1 Å². The summed E-state index contributed by atoms with van der Waals surface area (Å²) in [6.07, 6.45) is 4.14. The normalized spacial score (nSPS) is 9.85. The Hall–Kier alpha value is -5.76. The fraction of sp³-hybridized carbons (Fsp3) is 0.212. The molecule has 0 amide bonds. The van der Waals surface area contributed by atoms with Crippen molar-refractivity contribution in [2.24, 2.45) is 0 Å². The van der Waals surface area contributed by atoms with E-state index in [-0.39, 0.29) is 42.1 Å². The number of aliphatic hydroxyl groups is 2. The Bertz CT molecular complexity index is 1890. The first kappa shape index (κ1) is 38.4. The molecule has 12 nitrogen and oxygen atoms in total. The lowest BCUT2D eigenvalue weighted by atomic mass is 10.00. The van der Waals surface area contributed by atoms with Gasteiger partial charge in [-0.3, -0.25) is 4.39 Å². The summed E-state index contributed by atoms with van der Waals surface area (Å²) in [6.45, 7) is 3.45. The van der Waals surface area contributed by atoms with Crippen molar-refractivity contribution in [1.29, 1.82) is 0 Å². The Morgan fingerprint density at radius 2 is 1.54 bits per heavy atom. The zero-order valence-electron chi connectivity index (χ0n) is 26.8. The van der Waals surface area contributed by atoms with Gasteiger partial charge < -0.3 is 25.5 Å². The summed E-state index contributed by atoms with van der Waals surface area (Å²) in [5.41, 5.74) is 8.42. The van der Waals surface area contributed by atoms with E-state index in [2.05, 4.69) is 15.0 Å². The molecule has 0 aliphatic rings. The Balaban J connectivity index is 0.000000378. The average molecular weight is 672 g/mol. The molecular weight excluding hydrogens is 637 g/mol. The topological polar surface area (TPSA) is 207 Å². The summed E-state index contributed by atoms with van der Waals surface area (Å²) >= 11 is 0. The van der Waals surface area contributed by atoms with E-state index < -0.39 is 30.6 Å². The zero-order chi connectivity index (χ0) is 36.9. The number of carboxylic acid groups (broad SMARTS) is 1. The van der Waals surface area contributed by atoms with Crippen molar-refractivity contribution in [3.8, 4) is 11.5 Å². The molecule has 0 atom stereocenters. The number of aryl methyl sites for hydroxylation is 2. The van der Waals surface area contributed by atoms with E-state index in [1.165, 1.54) is 36.7 Å². The molecule has 0 aliphatic heterocycles. The Labute approximate surface area is 273 Å². The minimum Gasteiger partial charge on any atom is -0.478 e. The van der Waals surface area contributed by atoms with Crippen molar-refractivity contribution in [3.05, 3.63) is 117 Å². The molecule has 3 aromatic heterocycles. The van der Waals surface area contributed by atoms with Crippen LogP contribution in [-0.4, -0.2) is 49.5 Å². The van der Waals surface area contributed by atoms with Gasteiger partial charge in [0.25, 0.3) is 0 Å². The van der Waals surface area contributed by atoms with E-state index in [0.29, 0.717) is 40.4 Å². The van der Waals surface area contributed by atoms with Crippen LogP contribution in [0.15, 0.2) is 76.2 Å². The molecule has 0 unspecified atom stereocenters. The lowest BCUT2D eigenvalue weighted by Crippen LogP contribution is -2.07. The standard InChI is InChI=1S/C16H13FN2O3.C10H13NO3.C5H4FN.CH3F.CO2/c1-2-10-6-9(8-20)7-12-13(10)16(21)22-15(19-12)11-4-3-5-18-14(11)17;1-2-7-3-6(5-12)4-8(11)9(7)10(13)14;6-5-3-1-2-4-7-5;1-2;2-1-3/h3-7,20H,2,8H2,1H3;3-4,12H,2,5,11H2,1H3,(H,13,14);1-4H;1H3;/i;;;1D;. The van der Waals surface area contributed by atoms with E-state index in [0.717, 1.165) is 5.56 Å². The molecular formula is C33H33F3N4O8. The SMILES string of the molecule is CCc1cc(CO)cc(N)c1C(=O)O.CCc1cc(CO)cc2nc(-c3cccnc3F)oc(=O)c12.Fc1ccccn1.O=C=O.[2H]CF. The molecule has 0 aliphatic carbocycles. The maximum absolute atomic E-state index is 13.7. The fourth-order valence-corrected chi connectivity index (χ4v) is 4.14. The van der Waals surface area contributed by atoms with Gasteiger partial charge in [-0.15, -0.1) is 0 Å². The number of carbonyl (C=O) groups excluding carboxylic acids is 2. The Morgan fingerprint density at radius 3 is 2.02 bits per heavy atom. The van der Waals surface area contributed by atoms with Crippen LogP contribution in [0.5, 0.6) is 0 Å². The summed E-state index contributed by atoms with van der Waals surface area (Å²) in [5, 5.41) is 27.5. The third-order valence-corrected chi connectivity index (χ3v) is 6.14. The summed E-state index contributed by atoms with van der Waals surface area (Å²) in [7, 11) is -1.00. The van der Waals surface area contributed by atoms with Gasteiger partial charge in [0.05, 0.1) is 43.8 Å². The van der Waals surface area contributed by atoms with Crippen molar-refractivity contribution >= 4 is 28.7 Å². The Morgan fingerprint density at radius 1 is 0.958 bits per heavy atom. The van der Waals surface area contributed by atoms with Crippen molar-refractivity contribution < 1.29 is 48.7 Å². The van der Waals surface area contributed by atoms with Crippen LogP contribution in [0.25, 0.3) is 22.4 Å². The number of pyridine rings is 2. The number of fused-ring (bicyclic) bond motifs is 1. The quantitative estimate of drug-likeness (QED) is 0.143.